The minimum Gasteiger partial charge on any atom is -0.504 e. The summed E-state index contributed by atoms with van der Waals surface area (Å²) in [5, 5.41) is 62.4. The quantitative estimate of drug-likeness (QED) is 0.132. The van der Waals surface area contributed by atoms with E-state index in [0.29, 0.717) is 13.1 Å². The number of unbranched alkanes of at least 4 members (excludes halogenated alkanes) is 9. The van der Waals surface area contributed by atoms with Crippen molar-refractivity contribution in [2.75, 3.05) is 13.1 Å². The Morgan fingerprint density at radius 2 is 0.778 bits per heavy atom. The first-order valence-electron chi connectivity index (χ1n) is 12.3. The number of amides is 2. The van der Waals surface area contributed by atoms with Crippen LogP contribution in [-0.4, -0.2) is 55.5 Å². The van der Waals surface area contributed by atoms with Gasteiger partial charge in [0.05, 0.1) is 11.1 Å². The van der Waals surface area contributed by atoms with Gasteiger partial charge in [-0.15, -0.1) is 0 Å². The number of carbonyl (C=O) groups excluding carboxylic acids is 2. The van der Waals surface area contributed by atoms with Gasteiger partial charge in [0.15, 0.2) is 23.0 Å². The molecule has 36 heavy (non-hydrogen) atoms. The van der Waals surface area contributed by atoms with E-state index in [1.807, 2.05) is 0 Å². The molecule has 0 aromatic heterocycles. The Kier molecular flexibility index (Phi) is 11.5. The average Bonchev–Trinajstić information content (AvgIpc) is 2.85. The van der Waals surface area contributed by atoms with Gasteiger partial charge in [-0.05, 0) is 37.1 Å². The number of phenolic OH excluding ortho intramolecular Hbond substituents is 6. The molecule has 0 atom stereocenters. The van der Waals surface area contributed by atoms with E-state index >= 15 is 0 Å². The molecule has 0 saturated heterocycles. The van der Waals surface area contributed by atoms with Gasteiger partial charge < -0.3 is 41.3 Å². The standard InChI is InChI=1S/C26H36N2O8/c29-19-13-11-17(21(31)23(19)33)25(35)27-15-9-7-5-3-1-2-4-6-8-10-16-28-26(36)18-12-14-20(30)24(34)22(18)32/h11-14,29-34H,1-10,15-16H2,(H,27,35)(H,28,36). The van der Waals surface area contributed by atoms with Crippen molar-refractivity contribution in [1.82, 2.24) is 10.6 Å². The van der Waals surface area contributed by atoms with Gasteiger partial charge in [0, 0.05) is 13.1 Å². The number of benzene rings is 2. The number of phenols is 6. The summed E-state index contributed by atoms with van der Waals surface area (Å²) in [6.45, 7) is 0.925. The smallest absolute Gasteiger partial charge is 0.255 e. The lowest BCUT2D eigenvalue weighted by Gasteiger charge is -2.09. The van der Waals surface area contributed by atoms with Crippen LogP contribution in [0.2, 0.25) is 0 Å². The Labute approximate surface area is 210 Å². The second-order valence-corrected chi connectivity index (χ2v) is 8.71. The largest absolute Gasteiger partial charge is 0.504 e. The van der Waals surface area contributed by atoms with Crippen LogP contribution in [0.1, 0.15) is 84.9 Å². The second-order valence-electron chi connectivity index (χ2n) is 8.71. The zero-order chi connectivity index (χ0) is 26.5. The first kappa shape index (κ1) is 28.4. The third-order valence-electron chi connectivity index (χ3n) is 5.92. The highest BCUT2D eigenvalue weighted by molar-refractivity contribution is 5.98. The van der Waals surface area contributed by atoms with Gasteiger partial charge in [-0.25, -0.2) is 0 Å². The lowest BCUT2D eigenvalue weighted by molar-refractivity contribution is 0.0941. The van der Waals surface area contributed by atoms with Crippen molar-refractivity contribution in [2.45, 2.75) is 64.2 Å². The highest BCUT2D eigenvalue weighted by Gasteiger charge is 2.17. The third-order valence-corrected chi connectivity index (χ3v) is 5.92. The van der Waals surface area contributed by atoms with Gasteiger partial charge in [0.25, 0.3) is 11.8 Å². The van der Waals surface area contributed by atoms with Crippen LogP contribution < -0.4 is 10.6 Å². The van der Waals surface area contributed by atoms with Crippen LogP contribution >= 0.6 is 0 Å². The average molecular weight is 505 g/mol. The Morgan fingerprint density at radius 1 is 0.472 bits per heavy atom. The molecule has 0 aliphatic carbocycles. The summed E-state index contributed by atoms with van der Waals surface area (Å²) in [5.74, 6) is -4.64. The SMILES string of the molecule is O=C(NCCCCCCCCCCCCNC(=O)c1ccc(O)c(O)c1O)c1ccc(O)c(O)c1O. The summed E-state index contributed by atoms with van der Waals surface area (Å²) in [7, 11) is 0. The topological polar surface area (TPSA) is 180 Å². The maximum Gasteiger partial charge on any atom is 0.255 e. The Bertz CT molecular complexity index is 944. The molecule has 0 aliphatic heterocycles. The molecule has 0 saturated carbocycles. The molecule has 2 amide bonds. The molecule has 0 aliphatic rings. The van der Waals surface area contributed by atoms with Crippen LogP contribution in [-0.2, 0) is 0 Å². The molecule has 0 fully saturated rings. The summed E-state index contributed by atoms with van der Waals surface area (Å²) in [6.07, 6.45) is 10.2. The van der Waals surface area contributed by atoms with E-state index in [9.17, 15) is 40.2 Å². The summed E-state index contributed by atoms with van der Waals surface area (Å²) in [5.41, 5.74) is -0.158. The molecular formula is C26H36N2O8. The molecule has 10 heteroatoms. The van der Waals surface area contributed by atoms with Crippen molar-refractivity contribution in [1.29, 1.82) is 0 Å². The maximum absolute atomic E-state index is 12.1. The van der Waals surface area contributed by atoms with Gasteiger partial charge in [0.2, 0.25) is 11.5 Å². The van der Waals surface area contributed by atoms with Gasteiger partial charge in [-0.3, -0.25) is 9.59 Å². The number of hydrogen-bond donors (Lipinski definition) is 8. The second kappa shape index (κ2) is 14.6. The summed E-state index contributed by atoms with van der Waals surface area (Å²) < 4.78 is 0. The fraction of sp³-hybridized carbons (Fsp3) is 0.462. The normalized spacial score (nSPS) is 10.8. The van der Waals surface area contributed by atoms with Crippen molar-refractivity contribution in [3.8, 4) is 34.5 Å². The van der Waals surface area contributed by atoms with E-state index in [2.05, 4.69) is 10.6 Å². The summed E-state index contributed by atoms with van der Waals surface area (Å²) in [6, 6.07) is 4.82. The first-order chi connectivity index (χ1) is 17.2. The number of aromatic hydroxyl groups is 6. The monoisotopic (exact) mass is 504 g/mol. The lowest BCUT2D eigenvalue weighted by atomic mass is 10.1. The van der Waals surface area contributed by atoms with Crippen LogP contribution in [0.3, 0.4) is 0 Å². The van der Waals surface area contributed by atoms with Crippen molar-refractivity contribution in [3.63, 3.8) is 0 Å². The Balaban J connectivity index is 1.43. The third kappa shape index (κ3) is 8.44. The zero-order valence-electron chi connectivity index (χ0n) is 20.3. The van der Waals surface area contributed by atoms with Crippen molar-refractivity contribution in [2.24, 2.45) is 0 Å². The van der Waals surface area contributed by atoms with E-state index in [4.69, 9.17) is 0 Å². The highest BCUT2D eigenvalue weighted by Crippen LogP contribution is 2.37. The van der Waals surface area contributed by atoms with Crippen molar-refractivity contribution < 1.29 is 40.2 Å². The fourth-order valence-electron chi connectivity index (χ4n) is 3.76. The van der Waals surface area contributed by atoms with E-state index in [0.717, 1.165) is 76.3 Å². The molecule has 198 valence electrons. The molecular weight excluding hydrogens is 468 g/mol. The lowest BCUT2D eigenvalue weighted by Crippen LogP contribution is -2.24. The molecule has 2 aromatic rings. The minimum atomic E-state index is -0.705. The number of hydrogen-bond acceptors (Lipinski definition) is 8. The number of rotatable bonds is 15. The van der Waals surface area contributed by atoms with E-state index in [-0.39, 0.29) is 11.1 Å². The van der Waals surface area contributed by atoms with Gasteiger partial charge in [0.1, 0.15) is 0 Å². The molecule has 0 unspecified atom stereocenters. The molecule has 0 bridgehead atoms. The van der Waals surface area contributed by atoms with Crippen LogP contribution in [0.15, 0.2) is 24.3 Å². The number of nitrogens with one attached hydrogen (secondary N) is 2. The molecule has 0 radical (unpaired) electrons. The molecule has 2 aromatic carbocycles. The Hall–Kier alpha value is -3.82. The maximum atomic E-state index is 12.1. The predicted molar refractivity (Wildman–Crippen MR) is 134 cm³/mol. The van der Waals surface area contributed by atoms with Gasteiger partial charge in [-0.1, -0.05) is 51.4 Å². The predicted octanol–water partition coefficient (Wildman–Crippen LogP) is 3.98. The van der Waals surface area contributed by atoms with Gasteiger partial charge in [-0.2, -0.15) is 0 Å². The molecule has 2 rings (SSSR count). The van der Waals surface area contributed by atoms with E-state index < -0.39 is 46.3 Å². The van der Waals surface area contributed by atoms with Crippen LogP contribution in [0.25, 0.3) is 0 Å². The van der Waals surface area contributed by atoms with Crippen molar-refractivity contribution in [3.05, 3.63) is 35.4 Å². The molecule has 8 N–H and O–H groups in total. The summed E-state index contributed by atoms with van der Waals surface area (Å²) >= 11 is 0. The highest BCUT2D eigenvalue weighted by atomic mass is 16.3. The number of carbonyl (C=O) groups is 2. The van der Waals surface area contributed by atoms with E-state index in [1.54, 1.807) is 0 Å². The zero-order valence-corrected chi connectivity index (χ0v) is 20.3. The van der Waals surface area contributed by atoms with Crippen LogP contribution in [0.4, 0.5) is 0 Å². The Morgan fingerprint density at radius 3 is 1.11 bits per heavy atom. The van der Waals surface area contributed by atoms with Crippen LogP contribution in [0.5, 0.6) is 34.5 Å². The molecule has 0 heterocycles. The van der Waals surface area contributed by atoms with E-state index in [1.165, 1.54) is 12.1 Å². The minimum absolute atomic E-state index is 0.0791. The summed E-state index contributed by atoms with van der Waals surface area (Å²) in [4.78, 5) is 24.1. The van der Waals surface area contributed by atoms with Gasteiger partial charge >= 0.3 is 0 Å². The molecule has 0 spiro atoms. The van der Waals surface area contributed by atoms with Crippen LogP contribution in [0, 0.1) is 0 Å². The fourth-order valence-corrected chi connectivity index (χ4v) is 3.76. The first-order valence-corrected chi connectivity index (χ1v) is 12.3. The van der Waals surface area contributed by atoms with Crippen molar-refractivity contribution >= 4 is 11.8 Å². The molecule has 10 nitrogen and oxygen atoms in total.